The van der Waals surface area contributed by atoms with Gasteiger partial charge in [-0.25, -0.2) is 9.37 Å². The van der Waals surface area contributed by atoms with Gasteiger partial charge in [0.05, 0.1) is 4.92 Å². The first-order valence-corrected chi connectivity index (χ1v) is 9.42. The van der Waals surface area contributed by atoms with E-state index in [1.54, 1.807) is 0 Å². The second kappa shape index (κ2) is 8.14. The highest BCUT2D eigenvalue weighted by atomic mass is 35.5. The van der Waals surface area contributed by atoms with Crippen LogP contribution >= 0.6 is 11.6 Å². The molecular weight excluding hydrogens is 397 g/mol. The molecule has 1 aliphatic heterocycles. The Hall–Kier alpha value is -3.03. The first kappa shape index (κ1) is 19.3. The number of hydrogen-bond acceptors (Lipinski definition) is 5. The van der Waals surface area contributed by atoms with Crippen LogP contribution in [0.15, 0.2) is 54.7 Å². The molecule has 4 rings (SSSR count). The lowest BCUT2D eigenvalue weighted by atomic mass is 9.99. The zero-order chi connectivity index (χ0) is 20.4. The fourth-order valence-electron chi connectivity index (χ4n) is 3.34. The molecule has 0 fully saturated rings. The third kappa shape index (κ3) is 4.52. The van der Waals surface area contributed by atoms with Gasteiger partial charge in [-0.3, -0.25) is 15.0 Å². The number of halogens is 2. The Morgan fingerprint density at radius 3 is 2.69 bits per heavy atom. The number of ether oxygens (including phenoxy) is 1. The van der Waals surface area contributed by atoms with E-state index in [0.29, 0.717) is 5.75 Å². The fraction of sp³-hybridized carbons (Fsp3) is 0.190. The van der Waals surface area contributed by atoms with Crippen LogP contribution < -0.4 is 4.74 Å². The second-order valence-electron chi connectivity index (χ2n) is 6.86. The van der Waals surface area contributed by atoms with Crippen molar-refractivity contribution in [3.05, 3.63) is 92.4 Å². The van der Waals surface area contributed by atoms with Crippen LogP contribution in [0.25, 0.3) is 0 Å². The van der Waals surface area contributed by atoms with Gasteiger partial charge in [0.2, 0.25) is 5.88 Å². The molecule has 0 saturated heterocycles. The van der Waals surface area contributed by atoms with Gasteiger partial charge in [-0.1, -0.05) is 29.8 Å². The molecule has 0 atom stereocenters. The Morgan fingerprint density at radius 1 is 1.17 bits per heavy atom. The van der Waals surface area contributed by atoms with Crippen molar-refractivity contribution in [3.8, 4) is 11.6 Å². The summed E-state index contributed by atoms with van der Waals surface area (Å²) in [6.45, 7) is 2.44. The minimum atomic E-state index is -0.556. The number of benzene rings is 2. The average molecular weight is 414 g/mol. The normalized spacial score (nSPS) is 13.7. The van der Waals surface area contributed by atoms with Gasteiger partial charge in [0.25, 0.3) is 5.69 Å². The van der Waals surface area contributed by atoms with Gasteiger partial charge in [-0.2, -0.15) is 0 Å². The molecule has 0 bridgehead atoms. The number of pyridine rings is 1. The van der Waals surface area contributed by atoms with Crippen molar-refractivity contribution in [2.45, 2.75) is 19.5 Å². The van der Waals surface area contributed by atoms with Crippen molar-refractivity contribution in [1.29, 1.82) is 0 Å². The van der Waals surface area contributed by atoms with Crippen LogP contribution in [0.4, 0.5) is 10.1 Å². The number of aromatic nitrogens is 1. The van der Waals surface area contributed by atoms with E-state index in [4.69, 9.17) is 16.3 Å². The Labute approximate surface area is 171 Å². The van der Waals surface area contributed by atoms with E-state index in [0.717, 1.165) is 37.8 Å². The van der Waals surface area contributed by atoms with Crippen LogP contribution in [0.3, 0.4) is 0 Å². The monoisotopic (exact) mass is 413 g/mol. The van der Waals surface area contributed by atoms with Crippen LogP contribution in [0.1, 0.15) is 16.7 Å². The number of nitrogens with zero attached hydrogens (tertiary/aromatic N) is 3. The van der Waals surface area contributed by atoms with E-state index in [1.165, 1.54) is 29.3 Å². The van der Waals surface area contributed by atoms with Crippen LogP contribution in [-0.4, -0.2) is 21.4 Å². The molecule has 2 heterocycles. The van der Waals surface area contributed by atoms with Crippen molar-refractivity contribution in [1.82, 2.24) is 9.88 Å². The topological polar surface area (TPSA) is 68.5 Å². The Bertz CT molecular complexity index is 1060. The number of fused-ring (bicyclic) bond motifs is 1. The lowest BCUT2D eigenvalue weighted by Crippen LogP contribution is -2.30. The van der Waals surface area contributed by atoms with Crippen LogP contribution in [0.2, 0.25) is 5.02 Å². The highest BCUT2D eigenvalue weighted by Gasteiger charge is 2.18. The summed E-state index contributed by atoms with van der Waals surface area (Å²) in [5.41, 5.74) is 3.27. The van der Waals surface area contributed by atoms with E-state index in [2.05, 4.69) is 9.88 Å². The zero-order valence-corrected chi connectivity index (χ0v) is 16.1. The standard InChI is InChI=1S/C21H17ClFN3O3/c22-20-10-18(26(27)28)11-24-21(20)29-19-6-3-16-13-25(8-7-15(16)9-19)12-14-1-4-17(23)5-2-14/h1-6,9-11H,7-8,12-13H2. The molecule has 1 aliphatic rings. The van der Waals surface area contributed by atoms with E-state index in [9.17, 15) is 14.5 Å². The third-order valence-electron chi connectivity index (χ3n) is 4.81. The molecule has 6 nitrogen and oxygen atoms in total. The molecule has 148 valence electrons. The van der Waals surface area contributed by atoms with Gasteiger partial charge in [-0.15, -0.1) is 0 Å². The highest BCUT2D eigenvalue weighted by molar-refractivity contribution is 6.32. The minimum absolute atomic E-state index is 0.0855. The molecule has 0 saturated carbocycles. The highest BCUT2D eigenvalue weighted by Crippen LogP contribution is 2.32. The average Bonchev–Trinajstić information content (AvgIpc) is 2.71. The fourth-order valence-corrected chi connectivity index (χ4v) is 3.54. The van der Waals surface area contributed by atoms with Crippen LogP contribution in [-0.2, 0) is 19.5 Å². The molecule has 0 radical (unpaired) electrons. The maximum Gasteiger partial charge on any atom is 0.289 e. The second-order valence-corrected chi connectivity index (χ2v) is 7.26. The lowest BCUT2D eigenvalue weighted by molar-refractivity contribution is -0.385. The predicted molar refractivity (Wildman–Crippen MR) is 107 cm³/mol. The SMILES string of the molecule is O=[N+]([O-])c1cnc(Oc2ccc3c(c2)CCN(Cc2ccc(F)cc2)C3)c(Cl)c1. The number of rotatable bonds is 5. The molecule has 0 aliphatic carbocycles. The Balaban J connectivity index is 1.45. The largest absolute Gasteiger partial charge is 0.438 e. The summed E-state index contributed by atoms with van der Waals surface area (Å²) >= 11 is 6.05. The van der Waals surface area contributed by atoms with Gasteiger partial charge in [-0.05, 0) is 47.4 Å². The summed E-state index contributed by atoms with van der Waals surface area (Å²) in [4.78, 5) is 16.5. The minimum Gasteiger partial charge on any atom is -0.438 e. The van der Waals surface area contributed by atoms with Gasteiger partial charge >= 0.3 is 0 Å². The molecule has 8 heteroatoms. The molecule has 0 amide bonds. The lowest BCUT2D eigenvalue weighted by Gasteiger charge is -2.29. The smallest absolute Gasteiger partial charge is 0.289 e. The quantitative estimate of drug-likeness (QED) is 0.428. The van der Waals surface area contributed by atoms with E-state index in [-0.39, 0.29) is 22.4 Å². The summed E-state index contributed by atoms with van der Waals surface area (Å²) in [5.74, 6) is 0.484. The van der Waals surface area contributed by atoms with E-state index >= 15 is 0 Å². The maximum atomic E-state index is 13.1. The molecular formula is C21H17ClFN3O3. The number of nitro groups is 1. The summed E-state index contributed by atoms with van der Waals surface area (Å²) < 4.78 is 18.8. The summed E-state index contributed by atoms with van der Waals surface area (Å²) in [6, 6.07) is 13.6. The van der Waals surface area contributed by atoms with Crippen LogP contribution in [0.5, 0.6) is 11.6 Å². The molecule has 2 aromatic carbocycles. The van der Waals surface area contributed by atoms with Crippen molar-refractivity contribution in [2.75, 3.05) is 6.54 Å². The summed E-state index contributed by atoms with van der Waals surface area (Å²) in [6.07, 6.45) is 1.97. The Morgan fingerprint density at radius 2 is 1.97 bits per heavy atom. The Kier molecular flexibility index (Phi) is 5.42. The molecule has 0 spiro atoms. The van der Waals surface area contributed by atoms with E-state index < -0.39 is 4.92 Å². The molecule has 0 unspecified atom stereocenters. The summed E-state index contributed by atoms with van der Waals surface area (Å²) in [7, 11) is 0. The first-order chi connectivity index (χ1) is 14.0. The van der Waals surface area contributed by atoms with Crippen molar-refractivity contribution < 1.29 is 14.1 Å². The van der Waals surface area contributed by atoms with Crippen molar-refractivity contribution >= 4 is 17.3 Å². The third-order valence-corrected chi connectivity index (χ3v) is 5.08. The first-order valence-electron chi connectivity index (χ1n) is 9.04. The maximum absolute atomic E-state index is 13.1. The molecule has 29 heavy (non-hydrogen) atoms. The van der Waals surface area contributed by atoms with E-state index in [1.807, 2.05) is 30.3 Å². The molecule has 1 aromatic heterocycles. The van der Waals surface area contributed by atoms with Crippen molar-refractivity contribution in [2.24, 2.45) is 0 Å². The van der Waals surface area contributed by atoms with Gasteiger partial charge in [0.1, 0.15) is 22.8 Å². The predicted octanol–water partition coefficient (Wildman–Crippen LogP) is 5.13. The van der Waals surface area contributed by atoms with Crippen molar-refractivity contribution in [3.63, 3.8) is 0 Å². The van der Waals surface area contributed by atoms with Gasteiger partial charge < -0.3 is 4.74 Å². The molecule has 0 N–H and O–H groups in total. The van der Waals surface area contributed by atoms with Crippen LogP contribution in [0, 0.1) is 15.9 Å². The zero-order valence-electron chi connectivity index (χ0n) is 15.3. The van der Waals surface area contributed by atoms with Gasteiger partial charge in [0.15, 0.2) is 0 Å². The number of hydrogen-bond donors (Lipinski definition) is 0. The van der Waals surface area contributed by atoms with Gasteiger partial charge in [0, 0.05) is 25.7 Å². The summed E-state index contributed by atoms with van der Waals surface area (Å²) in [5, 5.41) is 10.9. The molecule has 3 aromatic rings.